The van der Waals surface area contributed by atoms with E-state index in [-0.39, 0.29) is 9.39 Å². The first-order valence-corrected chi connectivity index (χ1v) is 6.02. The molecule has 1 rings (SSSR count). The van der Waals surface area contributed by atoms with Crippen LogP contribution in [0.1, 0.15) is 17.7 Å². The molecule has 1 aromatic heterocycles. The maximum absolute atomic E-state index is 12.8. The molecule has 0 unspecified atom stereocenters. The summed E-state index contributed by atoms with van der Waals surface area (Å²) in [5.41, 5.74) is -1.17. The molecule has 0 N–H and O–H groups in total. The van der Waals surface area contributed by atoms with Gasteiger partial charge in [-0.1, -0.05) is 0 Å². The van der Waals surface area contributed by atoms with Crippen LogP contribution in [-0.2, 0) is 16.0 Å². The zero-order valence-corrected chi connectivity index (χ0v) is 12.0. The fourth-order valence-corrected chi connectivity index (χ4v) is 1.81. The Balaban J connectivity index is 3.21. The number of nitrogens with zero attached hydrogens (tertiary/aromatic N) is 1. The normalized spacial score (nSPS) is 11.6. The van der Waals surface area contributed by atoms with Gasteiger partial charge in [-0.25, -0.2) is 13.8 Å². The highest BCUT2D eigenvalue weighted by Gasteiger charge is 2.33. The highest BCUT2D eigenvalue weighted by atomic mass is 127. The number of alkyl halides is 5. The Morgan fingerprint density at radius 1 is 1.45 bits per heavy atom. The van der Waals surface area contributed by atoms with Gasteiger partial charge in [-0.2, -0.15) is 0 Å². The van der Waals surface area contributed by atoms with Gasteiger partial charge in [0, 0.05) is 5.56 Å². The number of halogens is 6. The number of pyridine rings is 1. The minimum atomic E-state index is -5.02. The van der Waals surface area contributed by atoms with Gasteiger partial charge in [0.05, 0.1) is 19.2 Å². The molecule has 0 bridgehead atoms. The van der Waals surface area contributed by atoms with E-state index in [0.29, 0.717) is 6.07 Å². The summed E-state index contributed by atoms with van der Waals surface area (Å²) in [6.45, 7) is 0. The summed E-state index contributed by atoms with van der Waals surface area (Å²) in [6.07, 6.45) is -8.70. The van der Waals surface area contributed by atoms with E-state index in [2.05, 4.69) is 14.5 Å². The third-order valence-electron chi connectivity index (χ3n) is 2.06. The number of esters is 1. The summed E-state index contributed by atoms with van der Waals surface area (Å²) in [5, 5.41) is 0. The third-order valence-corrected chi connectivity index (χ3v) is 2.83. The van der Waals surface area contributed by atoms with Crippen LogP contribution in [0.4, 0.5) is 22.0 Å². The number of carbonyl (C=O) groups is 1. The van der Waals surface area contributed by atoms with Gasteiger partial charge in [0.15, 0.2) is 5.75 Å². The highest BCUT2D eigenvalue weighted by molar-refractivity contribution is 14.1. The lowest BCUT2D eigenvalue weighted by Crippen LogP contribution is -2.19. The summed E-state index contributed by atoms with van der Waals surface area (Å²) in [4.78, 5) is 14.6. The summed E-state index contributed by atoms with van der Waals surface area (Å²) < 4.78 is 69.5. The number of hydrogen-bond acceptors (Lipinski definition) is 4. The van der Waals surface area contributed by atoms with Gasteiger partial charge in [-0.05, 0) is 28.7 Å². The predicted octanol–water partition coefficient (Wildman–Crippen LogP) is 3.24. The van der Waals surface area contributed by atoms with Crippen molar-refractivity contribution in [3.8, 4) is 5.75 Å². The van der Waals surface area contributed by atoms with Gasteiger partial charge in [0.1, 0.15) is 3.70 Å². The maximum atomic E-state index is 12.8. The lowest BCUT2D eigenvalue weighted by molar-refractivity contribution is -0.275. The summed E-state index contributed by atoms with van der Waals surface area (Å²) in [7, 11) is 1.05. The number of rotatable bonds is 4. The van der Waals surface area contributed by atoms with Crippen molar-refractivity contribution in [2.24, 2.45) is 0 Å². The highest BCUT2D eigenvalue weighted by Crippen LogP contribution is 2.32. The second kappa shape index (κ2) is 6.50. The van der Waals surface area contributed by atoms with E-state index in [1.165, 1.54) is 22.6 Å². The molecule has 0 saturated carbocycles. The quantitative estimate of drug-likeness (QED) is 0.331. The Hall–Kier alpha value is -1.20. The Labute approximate surface area is 123 Å². The second-order valence-electron chi connectivity index (χ2n) is 3.41. The second-order valence-corrected chi connectivity index (χ2v) is 4.44. The maximum Gasteiger partial charge on any atom is 0.573 e. The van der Waals surface area contributed by atoms with Crippen molar-refractivity contribution in [2.75, 3.05) is 7.11 Å². The van der Waals surface area contributed by atoms with Crippen molar-refractivity contribution in [3.63, 3.8) is 0 Å². The van der Waals surface area contributed by atoms with Crippen LogP contribution in [0.2, 0.25) is 0 Å². The molecule has 0 spiro atoms. The molecule has 0 amide bonds. The van der Waals surface area contributed by atoms with Crippen LogP contribution in [0.5, 0.6) is 5.75 Å². The average Bonchev–Trinajstić information content (AvgIpc) is 2.30. The molecule has 0 aliphatic carbocycles. The average molecular weight is 411 g/mol. The zero-order chi connectivity index (χ0) is 15.5. The molecule has 20 heavy (non-hydrogen) atoms. The van der Waals surface area contributed by atoms with E-state index in [1.54, 1.807) is 0 Å². The molecule has 0 atom stereocenters. The van der Waals surface area contributed by atoms with Crippen molar-refractivity contribution < 1.29 is 36.2 Å². The summed E-state index contributed by atoms with van der Waals surface area (Å²) in [5.74, 6) is -1.68. The standard InChI is InChI=1S/C10H7F5INO3/c1-19-7(18)3-5-4(8(11)12)2-6(9(16)17-5)20-10(13,14)15/h2,8H,3H2,1H3. The molecular weight excluding hydrogens is 404 g/mol. The van der Waals surface area contributed by atoms with Crippen LogP contribution in [0, 0.1) is 3.70 Å². The molecule has 1 heterocycles. The minimum absolute atomic E-state index is 0.289. The predicted molar refractivity (Wildman–Crippen MR) is 64.3 cm³/mol. The van der Waals surface area contributed by atoms with Crippen molar-refractivity contribution in [1.29, 1.82) is 0 Å². The van der Waals surface area contributed by atoms with E-state index in [0.717, 1.165) is 7.11 Å². The first-order valence-electron chi connectivity index (χ1n) is 4.94. The third kappa shape index (κ3) is 4.72. The first kappa shape index (κ1) is 16.9. The monoisotopic (exact) mass is 411 g/mol. The Morgan fingerprint density at radius 2 is 2.05 bits per heavy atom. The van der Waals surface area contributed by atoms with Gasteiger partial charge in [0.25, 0.3) is 6.43 Å². The van der Waals surface area contributed by atoms with Crippen LogP contribution < -0.4 is 4.74 Å². The van der Waals surface area contributed by atoms with Crippen molar-refractivity contribution in [1.82, 2.24) is 4.98 Å². The van der Waals surface area contributed by atoms with Crippen molar-refractivity contribution >= 4 is 28.6 Å². The number of hydrogen-bond donors (Lipinski definition) is 0. The van der Waals surface area contributed by atoms with E-state index < -0.39 is 36.5 Å². The fourth-order valence-electron chi connectivity index (χ4n) is 1.26. The summed E-state index contributed by atoms with van der Waals surface area (Å²) >= 11 is 1.39. The van der Waals surface area contributed by atoms with Gasteiger partial charge >= 0.3 is 12.3 Å². The number of carbonyl (C=O) groups excluding carboxylic acids is 1. The molecule has 10 heteroatoms. The van der Waals surface area contributed by atoms with Gasteiger partial charge in [-0.15, -0.1) is 13.2 Å². The van der Waals surface area contributed by atoms with Crippen LogP contribution in [0.15, 0.2) is 6.07 Å². The van der Waals surface area contributed by atoms with Gasteiger partial charge in [0.2, 0.25) is 0 Å². The van der Waals surface area contributed by atoms with Crippen LogP contribution in [0.3, 0.4) is 0 Å². The van der Waals surface area contributed by atoms with E-state index in [4.69, 9.17) is 0 Å². The number of methoxy groups -OCH3 is 1. The molecular formula is C10H7F5INO3. The summed E-state index contributed by atoms with van der Waals surface area (Å²) in [6, 6.07) is 0.519. The van der Waals surface area contributed by atoms with Crippen LogP contribution >= 0.6 is 22.6 Å². The lowest BCUT2D eigenvalue weighted by Gasteiger charge is -2.14. The largest absolute Gasteiger partial charge is 0.573 e. The Kier molecular flexibility index (Phi) is 5.48. The Morgan fingerprint density at radius 3 is 2.50 bits per heavy atom. The van der Waals surface area contributed by atoms with Crippen LogP contribution in [0.25, 0.3) is 0 Å². The van der Waals surface area contributed by atoms with Gasteiger partial charge in [-0.3, -0.25) is 4.79 Å². The van der Waals surface area contributed by atoms with E-state index in [1.807, 2.05) is 0 Å². The van der Waals surface area contributed by atoms with Crippen molar-refractivity contribution in [3.05, 3.63) is 21.0 Å². The topological polar surface area (TPSA) is 48.4 Å². The Bertz CT molecular complexity index is 506. The molecule has 4 nitrogen and oxygen atoms in total. The molecule has 0 radical (unpaired) electrons. The number of ether oxygens (including phenoxy) is 2. The van der Waals surface area contributed by atoms with E-state index >= 15 is 0 Å². The fraction of sp³-hybridized carbons (Fsp3) is 0.400. The van der Waals surface area contributed by atoms with Crippen LogP contribution in [-0.4, -0.2) is 24.4 Å². The number of aromatic nitrogens is 1. The molecule has 0 aliphatic heterocycles. The minimum Gasteiger partial charge on any atom is -0.469 e. The lowest BCUT2D eigenvalue weighted by atomic mass is 10.1. The smallest absolute Gasteiger partial charge is 0.469 e. The van der Waals surface area contributed by atoms with Crippen molar-refractivity contribution in [2.45, 2.75) is 19.2 Å². The molecule has 1 aromatic rings. The SMILES string of the molecule is COC(=O)Cc1nc(I)c(OC(F)(F)F)cc1C(F)F. The zero-order valence-electron chi connectivity index (χ0n) is 9.80. The molecule has 112 valence electrons. The molecule has 0 aromatic carbocycles. The molecule has 0 aliphatic rings. The first-order chi connectivity index (χ1) is 9.14. The van der Waals surface area contributed by atoms with Gasteiger partial charge < -0.3 is 9.47 Å². The molecule has 0 saturated heterocycles. The van der Waals surface area contributed by atoms with E-state index in [9.17, 15) is 26.7 Å². The molecule has 0 fully saturated rings.